The van der Waals surface area contributed by atoms with E-state index in [0.29, 0.717) is 31.8 Å². The molecule has 0 radical (unpaired) electrons. The first-order valence-corrected chi connectivity index (χ1v) is 5.74. The van der Waals surface area contributed by atoms with Crippen molar-refractivity contribution in [2.45, 2.75) is 19.8 Å². The van der Waals surface area contributed by atoms with E-state index in [1.807, 2.05) is 0 Å². The second kappa shape index (κ2) is 7.12. The van der Waals surface area contributed by atoms with E-state index in [1.165, 1.54) is 12.1 Å². The molecule has 0 bridgehead atoms. The van der Waals surface area contributed by atoms with Crippen molar-refractivity contribution in [3.63, 3.8) is 0 Å². The molecule has 0 aliphatic heterocycles. The van der Waals surface area contributed by atoms with Gasteiger partial charge in [-0.05, 0) is 25.5 Å². The summed E-state index contributed by atoms with van der Waals surface area (Å²) in [5.74, 6) is -0.372. The summed E-state index contributed by atoms with van der Waals surface area (Å²) >= 11 is 5.53. The number of hydrogen-bond acceptors (Lipinski definition) is 3. The monoisotopic (exact) mass is 260 g/mol. The first kappa shape index (κ1) is 13.8. The van der Waals surface area contributed by atoms with E-state index in [0.717, 1.165) is 0 Å². The van der Waals surface area contributed by atoms with E-state index in [1.54, 1.807) is 13.0 Å². The zero-order chi connectivity index (χ0) is 12.7. The molecular weight excluding hydrogens is 247 g/mol. The molecule has 94 valence electrons. The Labute approximate surface area is 104 Å². The van der Waals surface area contributed by atoms with E-state index in [-0.39, 0.29) is 11.0 Å². The van der Waals surface area contributed by atoms with Crippen molar-refractivity contribution in [2.75, 3.05) is 13.2 Å². The van der Waals surface area contributed by atoms with Crippen molar-refractivity contribution in [1.82, 2.24) is 0 Å². The van der Waals surface area contributed by atoms with Crippen LogP contribution in [0.2, 0.25) is 5.02 Å². The highest BCUT2D eigenvalue weighted by atomic mass is 35.5. The van der Waals surface area contributed by atoms with Crippen LogP contribution in [0.3, 0.4) is 0 Å². The summed E-state index contributed by atoms with van der Waals surface area (Å²) in [4.78, 5) is 11.0. The molecule has 0 heterocycles. The van der Waals surface area contributed by atoms with Crippen molar-refractivity contribution in [2.24, 2.45) is 0 Å². The van der Waals surface area contributed by atoms with Gasteiger partial charge in [-0.25, -0.2) is 4.39 Å². The van der Waals surface area contributed by atoms with Gasteiger partial charge in [0, 0.05) is 12.5 Å². The molecule has 1 rings (SSSR count). The fourth-order valence-corrected chi connectivity index (χ4v) is 1.32. The van der Waals surface area contributed by atoms with Crippen molar-refractivity contribution in [1.29, 1.82) is 0 Å². The van der Waals surface area contributed by atoms with E-state index < -0.39 is 5.82 Å². The summed E-state index contributed by atoms with van der Waals surface area (Å²) in [6.45, 7) is 2.47. The minimum Gasteiger partial charge on any atom is -0.493 e. The fourth-order valence-electron chi connectivity index (χ4n) is 1.21. The highest BCUT2D eigenvalue weighted by molar-refractivity contribution is 6.30. The number of carbonyl (C=O) groups is 1. The average Bonchev–Trinajstić information content (AvgIpc) is 2.29. The minimum absolute atomic E-state index is 0.0591. The summed E-state index contributed by atoms with van der Waals surface area (Å²) in [5.41, 5.74) is 0. The molecule has 0 saturated carbocycles. The zero-order valence-electron chi connectivity index (χ0n) is 9.54. The summed E-state index contributed by atoms with van der Waals surface area (Å²) in [6.07, 6.45) is 0.826. The topological polar surface area (TPSA) is 35.5 Å². The molecule has 0 amide bonds. The summed E-state index contributed by atoms with van der Waals surface area (Å²) in [6, 6.07) is 4.22. The lowest BCUT2D eigenvalue weighted by Crippen LogP contribution is -2.06. The highest BCUT2D eigenvalue weighted by Gasteiger charge is 2.03. The molecule has 0 spiro atoms. The predicted octanol–water partition coefficient (Wildman–Crippen LogP) is 3.20. The number of hydrogen-bond donors (Lipinski definition) is 0. The van der Waals surface area contributed by atoms with Gasteiger partial charge in [0.05, 0.1) is 18.2 Å². The third-order valence-electron chi connectivity index (χ3n) is 1.99. The van der Waals surface area contributed by atoms with Gasteiger partial charge in [0.15, 0.2) is 0 Å². The minimum atomic E-state index is -0.519. The Kier molecular flexibility index (Phi) is 5.77. The van der Waals surface area contributed by atoms with Crippen LogP contribution in [-0.4, -0.2) is 19.2 Å². The van der Waals surface area contributed by atoms with Crippen LogP contribution in [0.25, 0.3) is 0 Å². The molecule has 0 atom stereocenters. The van der Waals surface area contributed by atoms with Gasteiger partial charge in [-0.2, -0.15) is 0 Å². The van der Waals surface area contributed by atoms with Crippen molar-refractivity contribution < 1.29 is 18.7 Å². The Balaban J connectivity index is 2.26. The van der Waals surface area contributed by atoms with Crippen LogP contribution < -0.4 is 4.74 Å². The van der Waals surface area contributed by atoms with E-state index in [9.17, 15) is 9.18 Å². The summed E-state index contributed by atoms with van der Waals surface area (Å²) < 4.78 is 23.1. The Morgan fingerprint density at radius 2 is 2.24 bits per heavy atom. The lowest BCUT2D eigenvalue weighted by atomic mass is 10.3. The molecule has 0 unspecified atom stereocenters. The van der Waals surface area contributed by atoms with Crippen LogP contribution in [0.5, 0.6) is 5.75 Å². The van der Waals surface area contributed by atoms with Crippen LogP contribution in [0, 0.1) is 5.82 Å². The fraction of sp³-hybridized carbons (Fsp3) is 0.417. The van der Waals surface area contributed by atoms with Crippen LogP contribution in [0.1, 0.15) is 19.8 Å². The van der Waals surface area contributed by atoms with Gasteiger partial charge in [-0.3, -0.25) is 4.79 Å². The molecule has 0 N–H and O–H groups in total. The Hall–Kier alpha value is -1.29. The Bertz CT molecular complexity index is 382. The average molecular weight is 261 g/mol. The quantitative estimate of drug-likeness (QED) is 0.582. The lowest BCUT2D eigenvalue weighted by Gasteiger charge is -2.06. The van der Waals surface area contributed by atoms with Crippen LogP contribution in [0.4, 0.5) is 4.39 Å². The first-order chi connectivity index (χ1) is 8.13. The summed E-state index contributed by atoms with van der Waals surface area (Å²) in [5, 5.41) is 0.0591. The molecule has 0 fully saturated rings. The predicted molar refractivity (Wildman–Crippen MR) is 62.8 cm³/mol. The molecule has 0 aromatic heterocycles. The van der Waals surface area contributed by atoms with Crippen molar-refractivity contribution in [3.05, 3.63) is 29.0 Å². The standard InChI is InChI=1S/C12H14ClFO3/c1-2-16-12(15)4-3-7-17-9-5-6-10(13)11(14)8-9/h5-6,8H,2-4,7H2,1H3. The summed E-state index contributed by atoms with van der Waals surface area (Å²) in [7, 11) is 0. The molecule has 0 saturated heterocycles. The number of esters is 1. The SMILES string of the molecule is CCOC(=O)CCCOc1ccc(Cl)c(F)c1. The van der Waals surface area contributed by atoms with Crippen LogP contribution in [-0.2, 0) is 9.53 Å². The normalized spacial score (nSPS) is 10.1. The Morgan fingerprint density at radius 3 is 2.88 bits per heavy atom. The second-order valence-electron chi connectivity index (χ2n) is 3.33. The third kappa shape index (κ3) is 5.04. The molecule has 5 heteroatoms. The molecule has 0 aliphatic carbocycles. The number of benzene rings is 1. The molecule has 1 aromatic rings. The first-order valence-electron chi connectivity index (χ1n) is 5.37. The van der Waals surface area contributed by atoms with E-state index in [4.69, 9.17) is 21.1 Å². The number of halogens is 2. The molecular formula is C12H14ClFO3. The van der Waals surface area contributed by atoms with E-state index >= 15 is 0 Å². The van der Waals surface area contributed by atoms with Gasteiger partial charge < -0.3 is 9.47 Å². The van der Waals surface area contributed by atoms with Gasteiger partial charge in [0.1, 0.15) is 11.6 Å². The molecule has 0 aliphatic rings. The number of ether oxygens (including phenoxy) is 2. The maximum absolute atomic E-state index is 13.0. The molecule has 17 heavy (non-hydrogen) atoms. The number of carbonyl (C=O) groups excluding carboxylic acids is 1. The van der Waals surface area contributed by atoms with Crippen molar-refractivity contribution in [3.8, 4) is 5.75 Å². The highest BCUT2D eigenvalue weighted by Crippen LogP contribution is 2.20. The molecule has 3 nitrogen and oxygen atoms in total. The van der Waals surface area contributed by atoms with Gasteiger partial charge in [0.2, 0.25) is 0 Å². The second-order valence-corrected chi connectivity index (χ2v) is 3.74. The largest absolute Gasteiger partial charge is 0.493 e. The smallest absolute Gasteiger partial charge is 0.305 e. The van der Waals surface area contributed by atoms with Gasteiger partial charge in [-0.15, -0.1) is 0 Å². The maximum atomic E-state index is 13.0. The zero-order valence-corrected chi connectivity index (χ0v) is 10.3. The lowest BCUT2D eigenvalue weighted by molar-refractivity contribution is -0.143. The Morgan fingerprint density at radius 1 is 1.47 bits per heavy atom. The van der Waals surface area contributed by atoms with Crippen molar-refractivity contribution >= 4 is 17.6 Å². The third-order valence-corrected chi connectivity index (χ3v) is 2.30. The van der Waals surface area contributed by atoms with Crippen LogP contribution >= 0.6 is 11.6 Å². The van der Waals surface area contributed by atoms with Crippen LogP contribution in [0.15, 0.2) is 18.2 Å². The molecule has 1 aromatic carbocycles. The van der Waals surface area contributed by atoms with Gasteiger partial charge in [0.25, 0.3) is 0 Å². The number of rotatable bonds is 6. The maximum Gasteiger partial charge on any atom is 0.305 e. The van der Waals surface area contributed by atoms with E-state index in [2.05, 4.69) is 0 Å². The van der Waals surface area contributed by atoms with Gasteiger partial charge in [-0.1, -0.05) is 11.6 Å². The van der Waals surface area contributed by atoms with Gasteiger partial charge >= 0.3 is 5.97 Å².